The van der Waals surface area contributed by atoms with Crippen molar-refractivity contribution in [1.82, 2.24) is 0 Å². The number of carbonyl (C=O) groups is 1. The number of fused-ring (bicyclic) bond motifs is 2. The van der Waals surface area contributed by atoms with Crippen LogP contribution >= 0.6 is 42.0 Å². The molecule has 0 aliphatic carbocycles. The van der Waals surface area contributed by atoms with E-state index in [2.05, 4.69) is 32.9 Å². The van der Waals surface area contributed by atoms with Crippen molar-refractivity contribution in [2.75, 3.05) is 0 Å². The van der Waals surface area contributed by atoms with Crippen molar-refractivity contribution in [3.05, 3.63) is 36.1 Å². The maximum absolute atomic E-state index is 12.4. The third kappa shape index (κ3) is 1.95. The Morgan fingerprint density at radius 2 is 2.30 bits per heavy atom. The van der Waals surface area contributed by atoms with Crippen LogP contribution in [0.25, 0.3) is 0 Å². The van der Waals surface area contributed by atoms with Gasteiger partial charge in [0.2, 0.25) is 0 Å². The summed E-state index contributed by atoms with van der Waals surface area (Å²) < 4.78 is 10.7. The van der Waals surface area contributed by atoms with Crippen molar-refractivity contribution < 1.29 is 14.3 Å². The second-order valence-corrected chi connectivity index (χ2v) is 12.3. The number of esters is 1. The second kappa shape index (κ2) is 4.41. The number of hydrogen-bond donors (Lipinski definition) is 0. The molecule has 7 heteroatoms. The number of halogens is 2. The van der Waals surface area contributed by atoms with Gasteiger partial charge in [-0.3, -0.25) is 0 Å². The summed E-state index contributed by atoms with van der Waals surface area (Å²) in [7, 11) is 0. The number of rotatable bonds is 3. The fraction of sp³-hybridized carbons (Fsp3) is 0.308. The molecule has 2 saturated heterocycles. The molecule has 0 aromatic heterocycles. The molecule has 1 aromatic carbocycles. The van der Waals surface area contributed by atoms with Crippen LogP contribution in [0, 0.1) is 0 Å². The second-order valence-electron chi connectivity index (χ2n) is 5.19. The van der Waals surface area contributed by atoms with Crippen molar-refractivity contribution in [2.45, 2.75) is 20.0 Å². The number of alkyl halides is 2. The first-order chi connectivity index (χ1) is 9.53. The van der Waals surface area contributed by atoms with Gasteiger partial charge in [-0.1, -0.05) is 0 Å². The third-order valence-electron chi connectivity index (χ3n) is 3.79. The van der Waals surface area contributed by atoms with Gasteiger partial charge in [-0.15, -0.1) is 0 Å². The number of ether oxygens (including phenoxy) is 2. The quantitative estimate of drug-likeness (QED) is 0.215. The topological polar surface area (TPSA) is 35.5 Å². The van der Waals surface area contributed by atoms with Crippen LogP contribution in [-0.2, 0) is 11.2 Å². The number of hydrogen-bond acceptors (Lipinski definition) is 3. The molecule has 0 N–H and O–H groups in total. The van der Waals surface area contributed by atoms with E-state index in [4.69, 9.17) is 9.47 Å². The Morgan fingerprint density at radius 3 is 3.00 bits per heavy atom. The van der Waals surface area contributed by atoms with Crippen LogP contribution in [0.15, 0.2) is 30.5 Å². The molecule has 0 saturated carbocycles. The zero-order valence-corrected chi connectivity index (χ0v) is 15.0. The summed E-state index contributed by atoms with van der Waals surface area (Å²) in [5, 5.41) is 4.71. The average molecular weight is 490 g/mol. The van der Waals surface area contributed by atoms with E-state index in [1.54, 1.807) is 12.3 Å². The van der Waals surface area contributed by atoms with Crippen LogP contribution in [0.1, 0.15) is 12.5 Å². The molecule has 3 aliphatic rings. The molecule has 4 rings (SSSR count). The molecule has 0 bridgehead atoms. The molecular formula is C13H10B2I2O3. The van der Waals surface area contributed by atoms with E-state index >= 15 is 0 Å². The Kier molecular flexibility index (Phi) is 2.97. The van der Waals surface area contributed by atoms with E-state index in [9.17, 15) is 4.79 Å². The summed E-state index contributed by atoms with van der Waals surface area (Å²) in [6.45, 7) is 1.98. The van der Waals surface area contributed by atoms with Gasteiger partial charge in [0.05, 0.1) is 0 Å². The standard InChI is InChI=1S/C13H10B2I2O3/c1-12(16,13-14-17(13)15-13)11(18)20-9-4-5-10-8(7-9)3-2-6-19-10/h2,4-7H,3H2,1H3. The van der Waals surface area contributed by atoms with Crippen molar-refractivity contribution in [3.63, 3.8) is 0 Å². The van der Waals surface area contributed by atoms with Crippen molar-refractivity contribution >= 4 is 58.2 Å². The number of carbonyl (C=O) groups excluding carboxylic acids is 1. The Hall–Kier alpha value is -0.180. The van der Waals surface area contributed by atoms with Gasteiger partial charge in [0, 0.05) is 0 Å². The molecule has 100 valence electrons. The Bertz CT molecular complexity index is 639. The average Bonchev–Trinajstić information content (AvgIpc) is 3.27. The molecule has 20 heavy (non-hydrogen) atoms. The molecule has 3 heterocycles. The Labute approximate surface area is 139 Å². The van der Waals surface area contributed by atoms with Gasteiger partial charge in [-0.05, 0) is 0 Å². The molecule has 0 amide bonds. The minimum atomic E-state index is -0.917. The van der Waals surface area contributed by atoms with Gasteiger partial charge in [0.1, 0.15) is 0 Å². The van der Waals surface area contributed by atoms with Crippen LogP contribution < -0.4 is 9.47 Å². The first kappa shape index (κ1) is 13.5. The molecule has 1 unspecified atom stereocenters. The maximum atomic E-state index is 12.4. The molecular weight excluding hydrogens is 480 g/mol. The van der Waals surface area contributed by atoms with Crippen LogP contribution in [0.4, 0.5) is 0 Å². The van der Waals surface area contributed by atoms with Crippen LogP contribution in [-0.4, -0.2) is 22.9 Å². The molecule has 2 radical (unpaired) electrons. The molecule has 1 atom stereocenters. The van der Waals surface area contributed by atoms with E-state index in [1.807, 2.05) is 25.1 Å². The van der Waals surface area contributed by atoms with Gasteiger partial charge in [0.15, 0.2) is 0 Å². The predicted molar refractivity (Wildman–Crippen MR) is 96.2 cm³/mol. The van der Waals surface area contributed by atoms with Crippen LogP contribution in [0.2, 0.25) is 0 Å². The van der Waals surface area contributed by atoms with E-state index in [0.717, 1.165) is 17.7 Å². The van der Waals surface area contributed by atoms with Crippen molar-refractivity contribution in [3.8, 4) is 11.5 Å². The molecule has 3 nitrogen and oxygen atoms in total. The van der Waals surface area contributed by atoms with E-state index in [0.29, 0.717) is 5.75 Å². The van der Waals surface area contributed by atoms with Crippen LogP contribution in [0.3, 0.4) is 0 Å². The van der Waals surface area contributed by atoms with Crippen LogP contribution in [0.5, 0.6) is 11.5 Å². The molecule has 3 aliphatic heterocycles. The fourth-order valence-electron chi connectivity index (χ4n) is 2.25. The zero-order valence-electron chi connectivity index (χ0n) is 10.7. The summed E-state index contributed by atoms with van der Waals surface area (Å²) in [6.07, 6.45) is 4.44. The van der Waals surface area contributed by atoms with Crippen molar-refractivity contribution in [1.29, 1.82) is 0 Å². The first-order valence-corrected chi connectivity index (χ1v) is 10.9. The molecule has 2 fully saturated rings. The van der Waals surface area contributed by atoms with Gasteiger partial charge in [-0.25, -0.2) is 0 Å². The Morgan fingerprint density at radius 1 is 1.55 bits per heavy atom. The summed E-state index contributed by atoms with van der Waals surface area (Å²) in [4.78, 5) is 12.4. The monoisotopic (exact) mass is 490 g/mol. The first-order valence-electron chi connectivity index (χ1n) is 6.28. The van der Waals surface area contributed by atoms with Gasteiger partial charge < -0.3 is 0 Å². The van der Waals surface area contributed by atoms with Gasteiger partial charge in [-0.2, -0.15) is 0 Å². The zero-order chi connectivity index (χ0) is 14.0. The summed E-state index contributed by atoms with van der Waals surface area (Å²) in [6, 6.07) is 5.55. The van der Waals surface area contributed by atoms with E-state index in [-0.39, 0.29) is 9.19 Å². The van der Waals surface area contributed by atoms with E-state index in [1.165, 1.54) is 0 Å². The third-order valence-corrected chi connectivity index (χ3v) is 11.9. The summed E-state index contributed by atoms with van der Waals surface area (Å²) in [5.74, 6) is 1.30. The van der Waals surface area contributed by atoms with Crippen molar-refractivity contribution in [2.24, 2.45) is 0 Å². The van der Waals surface area contributed by atoms with E-state index < -0.39 is 22.8 Å². The van der Waals surface area contributed by atoms with Gasteiger partial charge >= 0.3 is 140 Å². The number of benzene rings is 1. The summed E-state index contributed by atoms with van der Waals surface area (Å²) >= 11 is 1.33. The minimum absolute atomic E-state index is 0.143. The Balaban J connectivity index is 1.53. The SMILES string of the molecule is CC(I)(C(=O)Oc1ccc2c(c1)CC=CO2)C12[B]I1[B]2. The fourth-order valence-corrected chi connectivity index (χ4v) is 11.6. The molecule has 0 spiro atoms. The predicted octanol–water partition coefficient (Wildman–Crippen LogP) is 2.66. The normalized spacial score (nSPS) is 24.0. The number of allylic oxidation sites excluding steroid dienone is 1. The van der Waals surface area contributed by atoms with Gasteiger partial charge in [0.25, 0.3) is 0 Å². The summed E-state index contributed by atoms with van der Waals surface area (Å²) in [5.41, 5.74) is 1.05. The molecule has 1 aromatic rings.